The van der Waals surface area contributed by atoms with Crippen molar-refractivity contribution in [2.24, 2.45) is 0 Å². The number of hydrogen-bond acceptors (Lipinski definition) is 5. The molecule has 0 aliphatic heterocycles. The van der Waals surface area contributed by atoms with E-state index < -0.39 is 0 Å². The second-order valence-electron chi connectivity index (χ2n) is 5.00. The van der Waals surface area contributed by atoms with E-state index in [1.54, 1.807) is 18.5 Å². The molecule has 1 amide bonds. The highest BCUT2D eigenvalue weighted by Crippen LogP contribution is 2.20. The molecule has 7 nitrogen and oxygen atoms in total. The SMILES string of the molecule is Cc1ccc(-c2cc(C(=O)NCCNc3cccnc3)n[nH]2)o1. The molecule has 0 unspecified atom stereocenters. The van der Waals surface area contributed by atoms with Crippen molar-refractivity contribution in [1.82, 2.24) is 20.5 Å². The molecular weight excluding hydrogens is 294 g/mol. The van der Waals surface area contributed by atoms with E-state index in [2.05, 4.69) is 25.8 Å². The molecule has 0 saturated carbocycles. The third-order valence-corrected chi connectivity index (χ3v) is 3.22. The number of aromatic nitrogens is 3. The van der Waals surface area contributed by atoms with Gasteiger partial charge < -0.3 is 15.1 Å². The van der Waals surface area contributed by atoms with Crippen molar-refractivity contribution in [3.05, 3.63) is 54.2 Å². The van der Waals surface area contributed by atoms with E-state index in [4.69, 9.17) is 4.42 Å². The molecule has 0 spiro atoms. The molecule has 3 N–H and O–H groups in total. The molecule has 0 atom stereocenters. The van der Waals surface area contributed by atoms with E-state index in [9.17, 15) is 4.79 Å². The predicted molar refractivity (Wildman–Crippen MR) is 86.1 cm³/mol. The van der Waals surface area contributed by atoms with Crippen LogP contribution >= 0.6 is 0 Å². The van der Waals surface area contributed by atoms with Gasteiger partial charge in [0.1, 0.15) is 11.5 Å². The normalized spacial score (nSPS) is 10.5. The number of pyridine rings is 1. The van der Waals surface area contributed by atoms with Crippen LogP contribution in [0.2, 0.25) is 0 Å². The number of carbonyl (C=O) groups is 1. The molecule has 0 aliphatic rings. The Morgan fingerprint density at radius 3 is 2.96 bits per heavy atom. The molecule has 3 heterocycles. The molecule has 0 fully saturated rings. The average Bonchev–Trinajstić information content (AvgIpc) is 3.21. The monoisotopic (exact) mass is 311 g/mol. The fraction of sp³-hybridized carbons (Fsp3) is 0.188. The van der Waals surface area contributed by atoms with Gasteiger partial charge in [0.2, 0.25) is 0 Å². The standard InChI is InChI=1S/C16H17N5O2/c1-11-4-5-15(23-11)13-9-14(21-20-13)16(22)19-8-7-18-12-3-2-6-17-10-12/h2-6,9-10,18H,7-8H2,1H3,(H,19,22)(H,20,21). The molecule has 0 saturated heterocycles. The lowest BCUT2D eigenvalue weighted by Gasteiger charge is -2.06. The minimum absolute atomic E-state index is 0.233. The highest BCUT2D eigenvalue weighted by Gasteiger charge is 2.12. The summed E-state index contributed by atoms with van der Waals surface area (Å²) in [5.74, 6) is 1.23. The number of H-pyrrole nitrogens is 1. The van der Waals surface area contributed by atoms with Gasteiger partial charge in [-0.05, 0) is 31.2 Å². The maximum Gasteiger partial charge on any atom is 0.271 e. The van der Waals surface area contributed by atoms with Crippen molar-refractivity contribution in [3.8, 4) is 11.5 Å². The number of carbonyl (C=O) groups excluding carboxylic acids is 1. The molecule has 0 bridgehead atoms. The number of aryl methyl sites for hydroxylation is 1. The average molecular weight is 311 g/mol. The van der Waals surface area contributed by atoms with Crippen LogP contribution in [0.25, 0.3) is 11.5 Å². The van der Waals surface area contributed by atoms with Gasteiger partial charge in [-0.3, -0.25) is 14.9 Å². The van der Waals surface area contributed by atoms with Gasteiger partial charge >= 0.3 is 0 Å². The summed E-state index contributed by atoms with van der Waals surface area (Å²) >= 11 is 0. The van der Waals surface area contributed by atoms with Crippen LogP contribution in [0.15, 0.2) is 47.1 Å². The molecule has 3 rings (SSSR count). The summed E-state index contributed by atoms with van der Waals surface area (Å²) in [7, 11) is 0. The quantitative estimate of drug-likeness (QED) is 0.607. The topological polar surface area (TPSA) is 95.8 Å². The summed E-state index contributed by atoms with van der Waals surface area (Å²) in [5.41, 5.74) is 1.92. The van der Waals surface area contributed by atoms with Gasteiger partial charge in [-0.2, -0.15) is 5.10 Å². The zero-order valence-electron chi connectivity index (χ0n) is 12.7. The van der Waals surface area contributed by atoms with Gasteiger partial charge in [0.15, 0.2) is 11.5 Å². The van der Waals surface area contributed by atoms with E-state index >= 15 is 0 Å². The highest BCUT2D eigenvalue weighted by atomic mass is 16.3. The number of hydrogen-bond donors (Lipinski definition) is 3. The molecule has 0 aliphatic carbocycles. The van der Waals surface area contributed by atoms with Crippen LogP contribution in [0.5, 0.6) is 0 Å². The first-order valence-corrected chi connectivity index (χ1v) is 7.27. The molecule has 23 heavy (non-hydrogen) atoms. The van der Waals surface area contributed by atoms with Crippen molar-refractivity contribution in [1.29, 1.82) is 0 Å². The van der Waals surface area contributed by atoms with Gasteiger partial charge in [0.25, 0.3) is 5.91 Å². The van der Waals surface area contributed by atoms with Crippen LogP contribution in [0, 0.1) is 6.92 Å². The molecule has 0 radical (unpaired) electrons. The minimum Gasteiger partial charge on any atom is -0.460 e. The van der Waals surface area contributed by atoms with Crippen molar-refractivity contribution < 1.29 is 9.21 Å². The summed E-state index contributed by atoms with van der Waals surface area (Å²) in [5, 5.41) is 12.8. The summed E-state index contributed by atoms with van der Waals surface area (Å²) in [6, 6.07) is 9.13. The molecular formula is C16H17N5O2. The van der Waals surface area contributed by atoms with Crippen molar-refractivity contribution in [3.63, 3.8) is 0 Å². The van der Waals surface area contributed by atoms with Gasteiger partial charge in [-0.1, -0.05) is 0 Å². The molecule has 0 aromatic carbocycles. The van der Waals surface area contributed by atoms with E-state index in [1.807, 2.05) is 31.2 Å². The largest absolute Gasteiger partial charge is 0.460 e. The van der Waals surface area contributed by atoms with Crippen LogP contribution in [0.3, 0.4) is 0 Å². The Hall–Kier alpha value is -3.09. The Morgan fingerprint density at radius 1 is 1.30 bits per heavy atom. The Morgan fingerprint density at radius 2 is 2.22 bits per heavy atom. The third kappa shape index (κ3) is 3.76. The number of rotatable bonds is 6. The number of amides is 1. The highest BCUT2D eigenvalue weighted by molar-refractivity contribution is 5.93. The fourth-order valence-corrected chi connectivity index (χ4v) is 2.08. The van der Waals surface area contributed by atoms with Crippen LogP contribution in [-0.4, -0.2) is 34.2 Å². The predicted octanol–water partition coefficient (Wildman–Crippen LogP) is 2.22. The van der Waals surface area contributed by atoms with Gasteiger partial charge in [0, 0.05) is 31.5 Å². The summed E-state index contributed by atoms with van der Waals surface area (Å²) < 4.78 is 5.49. The third-order valence-electron chi connectivity index (χ3n) is 3.22. The van der Waals surface area contributed by atoms with Crippen LogP contribution in [0.4, 0.5) is 5.69 Å². The Kier molecular flexibility index (Phi) is 4.37. The smallest absolute Gasteiger partial charge is 0.271 e. The molecule has 3 aromatic heterocycles. The van der Waals surface area contributed by atoms with Crippen molar-refractivity contribution >= 4 is 11.6 Å². The first kappa shape index (κ1) is 14.8. The molecule has 118 valence electrons. The lowest BCUT2D eigenvalue weighted by molar-refractivity contribution is 0.0950. The first-order chi connectivity index (χ1) is 11.2. The zero-order chi connectivity index (χ0) is 16.1. The molecule has 3 aromatic rings. The summed E-state index contributed by atoms with van der Waals surface area (Å²) in [6.07, 6.45) is 3.44. The Balaban J connectivity index is 1.50. The number of furan rings is 1. The van der Waals surface area contributed by atoms with Gasteiger partial charge in [-0.15, -0.1) is 0 Å². The number of nitrogens with one attached hydrogen (secondary N) is 3. The number of aromatic amines is 1. The van der Waals surface area contributed by atoms with Crippen LogP contribution in [-0.2, 0) is 0 Å². The lowest BCUT2D eigenvalue weighted by Crippen LogP contribution is -2.29. The minimum atomic E-state index is -0.233. The van der Waals surface area contributed by atoms with E-state index in [-0.39, 0.29) is 5.91 Å². The van der Waals surface area contributed by atoms with E-state index in [0.29, 0.717) is 30.2 Å². The number of nitrogens with zero attached hydrogens (tertiary/aromatic N) is 2. The van der Waals surface area contributed by atoms with Crippen LogP contribution < -0.4 is 10.6 Å². The molecule has 7 heteroatoms. The van der Waals surface area contributed by atoms with Crippen LogP contribution in [0.1, 0.15) is 16.2 Å². The fourth-order valence-electron chi connectivity index (χ4n) is 2.08. The Labute approximate surface area is 133 Å². The van der Waals surface area contributed by atoms with Crippen molar-refractivity contribution in [2.45, 2.75) is 6.92 Å². The van der Waals surface area contributed by atoms with Gasteiger partial charge in [0.05, 0.1) is 5.69 Å². The van der Waals surface area contributed by atoms with E-state index in [0.717, 1.165) is 11.4 Å². The Bertz CT molecular complexity index is 779. The number of anilines is 1. The lowest BCUT2D eigenvalue weighted by atomic mass is 10.3. The van der Waals surface area contributed by atoms with Crippen molar-refractivity contribution in [2.75, 3.05) is 18.4 Å². The first-order valence-electron chi connectivity index (χ1n) is 7.27. The zero-order valence-corrected chi connectivity index (χ0v) is 12.7. The maximum absolute atomic E-state index is 12.0. The second-order valence-corrected chi connectivity index (χ2v) is 5.00. The van der Waals surface area contributed by atoms with Gasteiger partial charge in [-0.25, -0.2) is 0 Å². The second kappa shape index (κ2) is 6.78. The summed E-state index contributed by atoms with van der Waals surface area (Å²) in [4.78, 5) is 16.0. The summed E-state index contributed by atoms with van der Waals surface area (Å²) in [6.45, 7) is 2.95. The maximum atomic E-state index is 12.0. The van der Waals surface area contributed by atoms with E-state index in [1.165, 1.54) is 0 Å².